The highest BCUT2D eigenvalue weighted by Gasteiger charge is 2.39. The summed E-state index contributed by atoms with van der Waals surface area (Å²) < 4.78 is 18.1. The van der Waals surface area contributed by atoms with Crippen molar-refractivity contribution < 1.29 is 24.0 Å². The van der Waals surface area contributed by atoms with E-state index in [0.29, 0.717) is 6.07 Å². The van der Waals surface area contributed by atoms with Crippen LogP contribution in [0, 0.1) is 21.3 Å². The molecule has 0 aromatic heterocycles. The highest BCUT2D eigenvalue weighted by molar-refractivity contribution is 5.77. The number of carbonyl (C=O) groups is 1. The molecule has 0 radical (unpaired) electrons. The minimum atomic E-state index is -1.30. The highest BCUT2D eigenvalue weighted by Crippen LogP contribution is 2.39. The summed E-state index contributed by atoms with van der Waals surface area (Å²) in [5.41, 5.74) is 3.75. The summed E-state index contributed by atoms with van der Waals surface area (Å²) in [7, 11) is 1.16. The Morgan fingerprint density at radius 2 is 2.10 bits per heavy atom. The third-order valence-electron chi connectivity index (χ3n) is 3.11. The molecule has 0 aliphatic carbocycles. The number of phenolic OH excluding ortho intramolecular Hbond substituents is 1. The lowest BCUT2D eigenvalue weighted by Gasteiger charge is -2.29. The summed E-state index contributed by atoms with van der Waals surface area (Å²) >= 11 is 0. The molecule has 1 aromatic carbocycles. The van der Waals surface area contributed by atoms with Gasteiger partial charge in [-0.25, -0.2) is 4.39 Å². The Morgan fingerprint density at radius 3 is 2.55 bits per heavy atom. The molecule has 0 unspecified atom stereocenters. The number of esters is 1. The second kappa shape index (κ2) is 5.41. The average molecular weight is 286 g/mol. The first-order chi connectivity index (χ1) is 9.12. The summed E-state index contributed by atoms with van der Waals surface area (Å²) in [4.78, 5) is 21.5. The van der Waals surface area contributed by atoms with Crippen molar-refractivity contribution in [1.82, 2.24) is 0 Å². The number of non-ortho nitro benzene ring substituents is 1. The molecular formula is C12H15FN2O5. The van der Waals surface area contributed by atoms with Crippen molar-refractivity contribution >= 4 is 11.7 Å². The first-order valence-electron chi connectivity index (χ1n) is 5.63. The molecule has 1 aromatic rings. The van der Waals surface area contributed by atoms with E-state index in [0.717, 1.165) is 13.2 Å². The number of nitro benzene ring substituents is 1. The second-order valence-corrected chi connectivity index (χ2v) is 4.81. The monoisotopic (exact) mass is 286 g/mol. The number of nitro groups is 1. The van der Waals surface area contributed by atoms with Crippen molar-refractivity contribution in [1.29, 1.82) is 0 Å². The Kier molecular flexibility index (Phi) is 4.29. The number of hydrogen-bond donors (Lipinski definition) is 2. The Labute approximate surface area is 114 Å². The third kappa shape index (κ3) is 2.69. The molecule has 1 atom stereocenters. The summed E-state index contributed by atoms with van der Waals surface area (Å²) in [5, 5.41) is 20.4. The van der Waals surface area contributed by atoms with E-state index in [9.17, 15) is 24.4 Å². The molecule has 1 rings (SSSR count). The van der Waals surface area contributed by atoms with Crippen LogP contribution in [0.2, 0.25) is 0 Å². The predicted molar refractivity (Wildman–Crippen MR) is 67.4 cm³/mol. The van der Waals surface area contributed by atoms with E-state index in [1.807, 2.05) is 0 Å². The van der Waals surface area contributed by atoms with Crippen molar-refractivity contribution in [2.24, 2.45) is 11.1 Å². The van der Waals surface area contributed by atoms with Gasteiger partial charge in [0.15, 0.2) is 11.6 Å². The lowest BCUT2D eigenvalue weighted by Crippen LogP contribution is -2.37. The number of carbonyl (C=O) groups excluding carboxylic acids is 1. The van der Waals surface area contributed by atoms with Gasteiger partial charge in [0.25, 0.3) is 5.69 Å². The van der Waals surface area contributed by atoms with E-state index in [1.165, 1.54) is 13.8 Å². The van der Waals surface area contributed by atoms with E-state index >= 15 is 0 Å². The first kappa shape index (κ1) is 15.8. The van der Waals surface area contributed by atoms with Crippen molar-refractivity contribution in [3.63, 3.8) is 0 Å². The van der Waals surface area contributed by atoms with Crippen LogP contribution in [-0.2, 0) is 9.53 Å². The van der Waals surface area contributed by atoms with Crippen LogP contribution in [0.5, 0.6) is 5.75 Å². The van der Waals surface area contributed by atoms with Gasteiger partial charge in [0.1, 0.15) is 0 Å². The maximum absolute atomic E-state index is 13.5. The molecular weight excluding hydrogens is 271 g/mol. The molecule has 20 heavy (non-hydrogen) atoms. The number of halogens is 1. The van der Waals surface area contributed by atoms with Gasteiger partial charge in [-0.05, 0) is 13.8 Å². The summed E-state index contributed by atoms with van der Waals surface area (Å²) in [6, 6.07) is 0.342. The fourth-order valence-electron chi connectivity index (χ4n) is 1.73. The topological polar surface area (TPSA) is 116 Å². The predicted octanol–water partition coefficient (Wildman–Crippen LogP) is 1.64. The minimum Gasteiger partial charge on any atom is -0.505 e. The third-order valence-corrected chi connectivity index (χ3v) is 3.11. The fraction of sp³-hybridized carbons (Fsp3) is 0.417. The smallest absolute Gasteiger partial charge is 0.313 e. The van der Waals surface area contributed by atoms with Crippen molar-refractivity contribution in [2.75, 3.05) is 7.11 Å². The van der Waals surface area contributed by atoms with E-state index in [-0.39, 0.29) is 5.56 Å². The van der Waals surface area contributed by atoms with Crippen molar-refractivity contribution in [2.45, 2.75) is 19.9 Å². The maximum Gasteiger partial charge on any atom is 0.313 e. The molecule has 0 aliphatic rings. The highest BCUT2D eigenvalue weighted by atomic mass is 19.1. The lowest BCUT2D eigenvalue weighted by atomic mass is 9.80. The quantitative estimate of drug-likeness (QED) is 0.494. The Balaban J connectivity index is 3.38. The number of rotatable bonds is 4. The Bertz CT molecular complexity index is 559. The standard InChI is InChI=1S/C12H15FN2O5/c1-12(2,11(17)20-3)10(14)7-4-6(15(18)19)5-8(13)9(7)16/h4-5,10,16H,14H2,1-3H3/t10-/m0/s1. The molecule has 0 spiro atoms. The van der Waals surface area contributed by atoms with Crippen LogP contribution in [0.15, 0.2) is 12.1 Å². The van der Waals surface area contributed by atoms with Gasteiger partial charge < -0.3 is 15.6 Å². The van der Waals surface area contributed by atoms with Crippen LogP contribution in [0.4, 0.5) is 10.1 Å². The van der Waals surface area contributed by atoms with Gasteiger partial charge in [-0.1, -0.05) is 0 Å². The van der Waals surface area contributed by atoms with Gasteiger partial charge in [-0.2, -0.15) is 0 Å². The zero-order valence-electron chi connectivity index (χ0n) is 11.2. The van der Waals surface area contributed by atoms with Crippen LogP contribution >= 0.6 is 0 Å². The molecule has 0 saturated heterocycles. The van der Waals surface area contributed by atoms with Crippen LogP contribution in [0.3, 0.4) is 0 Å². The average Bonchev–Trinajstić information content (AvgIpc) is 2.39. The van der Waals surface area contributed by atoms with Gasteiger partial charge in [0.2, 0.25) is 0 Å². The molecule has 0 aliphatic heterocycles. The van der Waals surface area contributed by atoms with Gasteiger partial charge in [0.05, 0.1) is 23.5 Å². The van der Waals surface area contributed by atoms with Crippen molar-refractivity contribution in [3.05, 3.63) is 33.6 Å². The number of nitrogens with zero attached hydrogens (tertiary/aromatic N) is 1. The molecule has 8 heteroatoms. The molecule has 0 fully saturated rings. The number of nitrogens with two attached hydrogens (primary N) is 1. The Morgan fingerprint density at radius 1 is 1.55 bits per heavy atom. The van der Waals surface area contributed by atoms with Crippen LogP contribution in [0.1, 0.15) is 25.5 Å². The lowest BCUT2D eigenvalue weighted by molar-refractivity contribution is -0.385. The molecule has 0 bridgehead atoms. The zero-order valence-corrected chi connectivity index (χ0v) is 11.2. The number of ether oxygens (including phenoxy) is 1. The van der Waals surface area contributed by atoms with E-state index in [2.05, 4.69) is 4.74 Å². The summed E-state index contributed by atoms with van der Waals surface area (Å²) in [5.74, 6) is -2.68. The SMILES string of the molecule is COC(=O)C(C)(C)[C@@H](N)c1cc([N+](=O)[O-])cc(F)c1O. The number of phenols is 1. The molecule has 7 nitrogen and oxygen atoms in total. The number of methoxy groups -OCH3 is 1. The van der Waals surface area contributed by atoms with Crippen LogP contribution in [0.25, 0.3) is 0 Å². The van der Waals surface area contributed by atoms with E-state index in [4.69, 9.17) is 5.73 Å². The molecule has 0 saturated carbocycles. The zero-order chi connectivity index (χ0) is 15.7. The second-order valence-electron chi connectivity index (χ2n) is 4.81. The number of benzene rings is 1. The van der Waals surface area contributed by atoms with E-state index < -0.39 is 39.6 Å². The van der Waals surface area contributed by atoms with Crippen LogP contribution in [-0.4, -0.2) is 23.1 Å². The molecule has 110 valence electrons. The van der Waals surface area contributed by atoms with Crippen LogP contribution < -0.4 is 5.73 Å². The summed E-state index contributed by atoms with van der Waals surface area (Å²) in [6.07, 6.45) is 0. The first-order valence-corrected chi connectivity index (χ1v) is 5.63. The largest absolute Gasteiger partial charge is 0.505 e. The van der Waals surface area contributed by atoms with Gasteiger partial charge in [-0.15, -0.1) is 0 Å². The fourth-order valence-corrected chi connectivity index (χ4v) is 1.73. The van der Waals surface area contributed by atoms with E-state index in [1.54, 1.807) is 0 Å². The summed E-state index contributed by atoms with van der Waals surface area (Å²) in [6.45, 7) is 2.86. The number of hydrogen-bond acceptors (Lipinski definition) is 6. The minimum absolute atomic E-state index is 0.230. The normalized spacial score (nSPS) is 12.8. The van der Waals surface area contributed by atoms with Gasteiger partial charge in [0, 0.05) is 17.7 Å². The molecule has 0 heterocycles. The van der Waals surface area contributed by atoms with Crippen molar-refractivity contribution in [3.8, 4) is 5.75 Å². The number of aromatic hydroxyl groups is 1. The van der Waals surface area contributed by atoms with Gasteiger partial charge in [-0.3, -0.25) is 14.9 Å². The van der Waals surface area contributed by atoms with Gasteiger partial charge >= 0.3 is 5.97 Å². The molecule has 0 amide bonds. The maximum atomic E-state index is 13.5. The Hall–Kier alpha value is -2.22. The molecule has 3 N–H and O–H groups in total.